The molecule has 21 heavy (non-hydrogen) atoms. The smallest absolute Gasteiger partial charge is 0.179 e. The van der Waals surface area contributed by atoms with E-state index in [1.54, 1.807) is 11.3 Å². The third-order valence-corrected chi connectivity index (χ3v) is 5.72. The van der Waals surface area contributed by atoms with Crippen LogP contribution in [0.4, 0.5) is 0 Å². The van der Waals surface area contributed by atoms with Crippen LogP contribution < -0.4 is 5.32 Å². The highest BCUT2D eigenvalue weighted by Gasteiger charge is 2.13. The molecule has 1 aromatic carbocycles. The molecule has 0 fully saturated rings. The van der Waals surface area contributed by atoms with Gasteiger partial charge in [0.2, 0.25) is 0 Å². The molecule has 0 bridgehead atoms. The average molecular weight is 320 g/mol. The maximum absolute atomic E-state index is 12.1. The molecule has 0 spiro atoms. The summed E-state index contributed by atoms with van der Waals surface area (Å²) in [4.78, 5) is 2.70. The lowest BCUT2D eigenvalue weighted by atomic mass is 10.2. The molecule has 110 valence electrons. The number of hydrogen-bond donors (Lipinski definition) is 1. The number of rotatable bonds is 6. The van der Waals surface area contributed by atoms with Gasteiger partial charge in [-0.2, -0.15) is 5.26 Å². The van der Waals surface area contributed by atoms with Gasteiger partial charge in [0.05, 0.1) is 22.3 Å². The lowest BCUT2D eigenvalue weighted by Crippen LogP contribution is -2.22. The van der Waals surface area contributed by atoms with Crippen molar-refractivity contribution in [3.63, 3.8) is 0 Å². The second-order valence-corrected chi connectivity index (χ2v) is 8.13. The van der Waals surface area contributed by atoms with Gasteiger partial charge in [0.1, 0.15) is 0 Å². The third kappa shape index (κ3) is 4.39. The summed E-state index contributed by atoms with van der Waals surface area (Å²) in [5, 5.41) is 11.8. The highest BCUT2D eigenvalue weighted by molar-refractivity contribution is 7.91. The van der Waals surface area contributed by atoms with Crippen LogP contribution in [0.3, 0.4) is 0 Å². The minimum atomic E-state index is -3.30. The van der Waals surface area contributed by atoms with Crippen LogP contribution in [-0.2, 0) is 16.4 Å². The molecule has 0 saturated heterocycles. The van der Waals surface area contributed by atoms with E-state index in [0.29, 0.717) is 18.7 Å². The van der Waals surface area contributed by atoms with E-state index in [1.807, 2.05) is 19.1 Å². The van der Waals surface area contributed by atoms with Gasteiger partial charge in [0.15, 0.2) is 9.84 Å². The molecule has 0 saturated carbocycles. The number of nitriles is 1. The monoisotopic (exact) mass is 320 g/mol. The summed E-state index contributed by atoms with van der Waals surface area (Å²) >= 11 is 1.70. The predicted molar refractivity (Wildman–Crippen MR) is 84.0 cm³/mol. The van der Waals surface area contributed by atoms with E-state index < -0.39 is 9.84 Å². The van der Waals surface area contributed by atoms with Crippen molar-refractivity contribution in [2.24, 2.45) is 0 Å². The van der Waals surface area contributed by atoms with Gasteiger partial charge in [-0.15, -0.1) is 11.3 Å². The SMILES string of the molecule is Cc1ccc(CNCCS(=O)(=O)c2ccc(C#N)cc2)s1. The van der Waals surface area contributed by atoms with Crippen LogP contribution in [0, 0.1) is 18.3 Å². The van der Waals surface area contributed by atoms with Crippen molar-refractivity contribution in [1.29, 1.82) is 5.26 Å². The van der Waals surface area contributed by atoms with Crippen LogP contribution in [0.1, 0.15) is 15.3 Å². The number of hydrogen-bond acceptors (Lipinski definition) is 5. The number of thiophene rings is 1. The molecule has 0 aliphatic carbocycles. The fourth-order valence-electron chi connectivity index (χ4n) is 1.85. The normalized spacial score (nSPS) is 11.2. The summed E-state index contributed by atoms with van der Waals surface area (Å²) in [6.07, 6.45) is 0. The first-order valence-corrected chi connectivity index (χ1v) is 8.97. The van der Waals surface area contributed by atoms with Gasteiger partial charge in [-0.1, -0.05) is 0 Å². The maximum Gasteiger partial charge on any atom is 0.179 e. The second-order valence-electron chi connectivity index (χ2n) is 4.64. The molecule has 6 heteroatoms. The standard InChI is InChI=1S/C15H16N2O2S2/c1-12-2-5-14(20-12)11-17-8-9-21(18,19)15-6-3-13(10-16)4-7-15/h2-7,17H,8-9,11H2,1H3. The quantitative estimate of drug-likeness (QED) is 0.830. The minimum absolute atomic E-state index is 0.0449. The molecular formula is C15H16N2O2S2. The fraction of sp³-hybridized carbons (Fsp3) is 0.267. The number of nitrogens with zero attached hydrogens (tertiary/aromatic N) is 1. The molecule has 2 rings (SSSR count). The number of nitrogens with one attached hydrogen (secondary N) is 1. The molecule has 1 aromatic heterocycles. The summed E-state index contributed by atoms with van der Waals surface area (Å²) in [5.41, 5.74) is 0.458. The van der Waals surface area contributed by atoms with Gasteiger partial charge in [0, 0.05) is 22.8 Å². The van der Waals surface area contributed by atoms with Gasteiger partial charge >= 0.3 is 0 Å². The largest absolute Gasteiger partial charge is 0.311 e. The first-order chi connectivity index (χ1) is 10.0. The zero-order valence-electron chi connectivity index (χ0n) is 11.7. The lowest BCUT2D eigenvalue weighted by Gasteiger charge is -2.05. The predicted octanol–water partition coefficient (Wildman–Crippen LogP) is 2.49. The van der Waals surface area contributed by atoms with Crippen molar-refractivity contribution in [3.05, 3.63) is 51.7 Å². The zero-order valence-corrected chi connectivity index (χ0v) is 13.3. The highest BCUT2D eigenvalue weighted by Crippen LogP contribution is 2.15. The Kier molecular flexibility index (Phi) is 5.12. The van der Waals surface area contributed by atoms with E-state index in [9.17, 15) is 8.42 Å². The topological polar surface area (TPSA) is 70.0 Å². The summed E-state index contributed by atoms with van der Waals surface area (Å²) in [5.74, 6) is 0.0449. The van der Waals surface area contributed by atoms with Crippen molar-refractivity contribution in [2.45, 2.75) is 18.4 Å². The lowest BCUT2D eigenvalue weighted by molar-refractivity contribution is 0.591. The third-order valence-electron chi connectivity index (χ3n) is 2.99. The van der Waals surface area contributed by atoms with Gasteiger partial charge in [-0.05, 0) is 43.3 Å². The Morgan fingerprint density at radius 2 is 1.90 bits per heavy atom. The minimum Gasteiger partial charge on any atom is -0.311 e. The van der Waals surface area contributed by atoms with Gasteiger partial charge < -0.3 is 5.32 Å². The Morgan fingerprint density at radius 3 is 2.48 bits per heavy atom. The van der Waals surface area contributed by atoms with Gasteiger partial charge in [-0.25, -0.2) is 8.42 Å². The molecule has 1 N–H and O–H groups in total. The molecule has 4 nitrogen and oxygen atoms in total. The van der Waals surface area contributed by atoms with E-state index in [0.717, 1.165) is 0 Å². The Hall–Kier alpha value is -1.68. The van der Waals surface area contributed by atoms with Gasteiger partial charge in [-0.3, -0.25) is 0 Å². The Balaban J connectivity index is 1.87. The van der Waals surface area contributed by atoms with Crippen LogP contribution in [0.2, 0.25) is 0 Å². The molecule has 0 radical (unpaired) electrons. The second kappa shape index (κ2) is 6.85. The van der Waals surface area contributed by atoms with Crippen LogP contribution in [0.15, 0.2) is 41.3 Å². The Morgan fingerprint density at radius 1 is 1.19 bits per heavy atom. The van der Waals surface area contributed by atoms with E-state index in [4.69, 9.17) is 5.26 Å². The zero-order chi connectivity index (χ0) is 15.3. The number of benzene rings is 1. The van der Waals surface area contributed by atoms with Crippen molar-refractivity contribution in [2.75, 3.05) is 12.3 Å². The molecule has 0 aliphatic heterocycles. The Labute approximate surface area is 129 Å². The van der Waals surface area contributed by atoms with Crippen molar-refractivity contribution in [1.82, 2.24) is 5.32 Å². The molecule has 0 amide bonds. The summed E-state index contributed by atoms with van der Waals surface area (Å²) in [7, 11) is -3.30. The molecule has 0 atom stereocenters. The first-order valence-electron chi connectivity index (χ1n) is 6.50. The van der Waals surface area contributed by atoms with Gasteiger partial charge in [0.25, 0.3) is 0 Å². The van der Waals surface area contributed by atoms with Crippen molar-refractivity contribution in [3.8, 4) is 6.07 Å². The van der Waals surface area contributed by atoms with Crippen LogP contribution in [-0.4, -0.2) is 20.7 Å². The first kappa shape index (κ1) is 15.7. The van der Waals surface area contributed by atoms with E-state index >= 15 is 0 Å². The van der Waals surface area contributed by atoms with Crippen LogP contribution >= 0.6 is 11.3 Å². The number of sulfone groups is 1. The van der Waals surface area contributed by atoms with E-state index in [2.05, 4.69) is 11.4 Å². The highest BCUT2D eigenvalue weighted by atomic mass is 32.2. The summed E-state index contributed by atoms with van der Waals surface area (Å²) in [6, 6.07) is 12.1. The Bertz CT molecular complexity index is 741. The van der Waals surface area contributed by atoms with E-state index in [-0.39, 0.29) is 10.6 Å². The van der Waals surface area contributed by atoms with E-state index in [1.165, 1.54) is 34.0 Å². The average Bonchev–Trinajstić information content (AvgIpc) is 2.89. The molecule has 0 unspecified atom stereocenters. The van der Waals surface area contributed by atoms with Crippen molar-refractivity contribution < 1.29 is 8.42 Å². The number of aryl methyl sites for hydroxylation is 1. The maximum atomic E-state index is 12.1. The molecule has 1 heterocycles. The summed E-state index contributed by atoms with van der Waals surface area (Å²) < 4.78 is 24.3. The van der Waals surface area contributed by atoms with Crippen LogP contribution in [0.5, 0.6) is 0 Å². The molecule has 0 aliphatic rings. The fourth-order valence-corrected chi connectivity index (χ4v) is 3.91. The summed E-state index contributed by atoms with van der Waals surface area (Å²) in [6.45, 7) is 3.13. The van der Waals surface area contributed by atoms with Crippen molar-refractivity contribution >= 4 is 21.2 Å². The van der Waals surface area contributed by atoms with Crippen LogP contribution in [0.25, 0.3) is 0 Å². The molecular weight excluding hydrogens is 304 g/mol. The molecule has 2 aromatic rings.